The van der Waals surface area contributed by atoms with E-state index < -0.39 is 17.8 Å². The van der Waals surface area contributed by atoms with Gasteiger partial charge in [-0.3, -0.25) is 9.59 Å². The molecule has 0 bridgehead atoms. The van der Waals surface area contributed by atoms with Crippen molar-refractivity contribution in [2.75, 3.05) is 12.4 Å². The third-order valence-electron chi connectivity index (χ3n) is 4.67. The summed E-state index contributed by atoms with van der Waals surface area (Å²) in [5, 5.41) is 6.76. The molecule has 174 valence electrons. The van der Waals surface area contributed by atoms with Crippen LogP contribution < -0.4 is 20.2 Å². The Morgan fingerprint density at radius 3 is 2.44 bits per heavy atom. The van der Waals surface area contributed by atoms with Crippen LogP contribution in [0.5, 0.6) is 11.5 Å². The first-order valence-corrected chi connectivity index (χ1v) is 10.5. The summed E-state index contributed by atoms with van der Waals surface area (Å²) >= 11 is 5.91. The van der Waals surface area contributed by atoms with Crippen LogP contribution in [0, 0.1) is 13.8 Å². The molecule has 0 aliphatic rings. The van der Waals surface area contributed by atoms with Gasteiger partial charge in [-0.15, -0.1) is 0 Å². The van der Waals surface area contributed by atoms with Crippen LogP contribution >= 0.6 is 11.6 Å². The number of halogens is 1. The van der Waals surface area contributed by atoms with E-state index in [9.17, 15) is 14.4 Å². The Balaban J connectivity index is 1.61. The third-order valence-corrected chi connectivity index (χ3v) is 4.90. The van der Waals surface area contributed by atoms with Crippen molar-refractivity contribution in [2.45, 2.75) is 13.8 Å². The molecule has 0 spiro atoms. The predicted molar refractivity (Wildman–Crippen MR) is 130 cm³/mol. The number of amides is 2. The number of methoxy groups -OCH3 is 1. The van der Waals surface area contributed by atoms with Crippen molar-refractivity contribution in [3.05, 3.63) is 87.9 Å². The number of ether oxygens (including phenoxy) is 2. The van der Waals surface area contributed by atoms with E-state index in [1.54, 1.807) is 36.4 Å². The second-order valence-corrected chi connectivity index (χ2v) is 7.72. The SMILES string of the molecule is COc1cc(/C=N/NC(=O)C(=O)Nc2ccc(C)cc2C)ccc1OC(=O)c1cccc(Cl)c1. The zero-order chi connectivity index (χ0) is 24.7. The van der Waals surface area contributed by atoms with E-state index in [0.717, 1.165) is 11.1 Å². The molecule has 0 aliphatic carbocycles. The van der Waals surface area contributed by atoms with Crippen molar-refractivity contribution < 1.29 is 23.9 Å². The largest absolute Gasteiger partial charge is 0.493 e. The number of esters is 1. The van der Waals surface area contributed by atoms with Gasteiger partial charge in [-0.1, -0.05) is 35.4 Å². The maximum absolute atomic E-state index is 12.4. The maximum atomic E-state index is 12.4. The summed E-state index contributed by atoms with van der Waals surface area (Å²) in [7, 11) is 1.42. The first-order valence-electron chi connectivity index (χ1n) is 10.1. The Morgan fingerprint density at radius 1 is 0.941 bits per heavy atom. The number of rotatable bonds is 6. The second kappa shape index (κ2) is 11.1. The molecule has 0 fully saturated rings. The Labute approximate surface area is 201 Å². The Hall–Kier alpha value is -4.17. The smallest absolute Gasteiger partial charge is 0.343 e. The summed E-state index contributed by atoms with van der Waals surface area (Å²) in [5.41, 5.74) is 5.43. The van der Waals surface area contributed by atoms with Crippen molar-refractivity contribution in [2.24, 2.45) is 5.10 Å². The number of anilines is 1. The van der Waals surface area contributed by atoms with Crippen LogP contribution in [0.25, 0.3) is 0 Å². The fourth-order valence-electron chi connectivity index (χ4n) is 2.97. The van der Waals surface area contributed by atoms with Crippen molar-refractivity contribution in [3.63, 3.8) is 0 Å². The molecule has 0 radical (unpaired) electrons. The number of nitrogens with zero attached hydrogens (tertiary/aromatic N) is 1. The van der Waals surface area contributed by atoms with Crippen LogP contribution in [0.4, 0.5) is 5.69 Å². The van der Waals surface area contributed by atoms with Gasteiger partial charge in [0.25, 0.3) is 0 Å². The van der Waals surface area contributed by atoms with E-state index in [4.69, 9.17) is 21.1 Å². The molecule has 0 saturated carbocycles. The summed E-state index contributed by atoms with van der Waals surface area (Å²) < 4.78 is 10.7. The second-order valence-electron chi connectivity index (χ2n) is 7.28. The lowest BCUT2D eigenvalue weighted by atomic mass is 10.1. The van der Waals surface area contributed by atoms with Crippen LogP contribution in [0.1, 0.15) is 27.0 Å². The number of benzene rings is 3. The van der Waals surface area contributed by atoms with Crippen LogP contribution in [0.2, 0.25) is 5.02 Å². The van der Waals surface area contributed by atoms with Crippen molar-refractivity contribution >= 4 is 41.3 Å². The first kappa shape index (κ1) is 24.5. The number of hydrogen-bond donors (Lipinski definition) is 2. The number of hydrogen-bond acceptors (Lipinski definition) is 6. The lowest BCUT2D eigenvalue weighted by Gasteiger charge is -2.10. The van der Waals surface area contributed by atoms with Gasteiger partial charge in [0.1, 0.15) is 0 Å². The molecular weight excluding hydrogens is 458 g/mol. The Morgan fingerprint density at radius 2 is 1.74 bits per heavy atom. The highest BCUT2D eigenvalue weighted by Gasteiger charge is 2.15. The fourth-order valence-corrected chi connectivity index (χ4v) is 3.16. The molecule has 3 rings (SSSR count). The molecule has 0 heterocycles. The number of carbonyl (C=O) groups excluding carboxylic acids is 3. The molecule has 2 N–H and O–H groups in total. The molecule has 9 heteroatoms. The van der Waals surface area contributed by atoms with Gasteiger partial charge < -0.3 is 14.8 Å². The summed E-state index contributed by atoms with van der Waals surface area (Å²) in [4.78, 5) is 36.5. The zero-order valence-electron chi connectivity index (χ0n) is 18.7. The van der Waals surface area contributed by atoms with Crippen LogP contribution in [0.15, 0.2) is 65.8 Å². The molecule has 34 heavy (non-hydrogen) atoms. The topological polar surface area (TPSA) is 106 Å². The highest BCUT2D eigenvalue weighted by Crippen LogP contribution is 2.28. The minimum Gasteiger partial charge on any atom is -0.493 e. The number of aryl methyl sites for hydroxylation is 2. The van der Waals surface area contributed by atoms with Gasteiger partial charge in [-0.25, -0.2) is 10.2 Å². The summed E-state index contributed by atoms with van der Waals surface area (Å²) in [5.74, 6) is -1.88. The summed E-state index contributed by atoms with van der Waals surface area (Å²) in [6.45, 7) is 3.77. The van der Waals surface area contributed by atoms with Crippen LogP contribution in [0.3, 0.4) is 0 Å². The van der Waals surface area contributed by atoms with E-state index in [1.165, 1.54) is 25.5 Å². The average molecular weight is 480 g/mol. The van der Waals surface area contributed by atoms with E-state index in [1.807, 2.05) is 26.0 Å². The molecule has 2 amide bonds. The number of carbonyl (C=O) groups is 3. The molecule has 3 aromatic carbocycles. The standard InChI is InChI=1S/C25H22ClN3O5/c1-15-7-9-20(16(2)11-15)28-23(30)24(31)29-27-14-17-8-10-21(22(12-17)33-3)34-25(32)18-5-4-6-19(26)13-18/h4-14H,1-3H3,(H,28,30)(H,29,31)/b27-14+. The molecule has 3 aromatic rings. The van der Waals surface area contributed by atoms with E-state index >= 15 is 0 Å². The zero-order valence-corrected chi connectivity index (χ0v) is 19.5. The van der Waals surface area contributed by atoms with Gasteiger partial charge in [0.05, 0.1) is 18.9 Å². The minimum atomic E-state index is -0.921. The van der Waals surface area contributed by atoms with Crippen LogP contribution in [-0.4, -0.2) is 31.1 Å². The fraction of sp³-hybridized carbons (Fsp3) is 0.120. The van der Waals surface area contributed by atoms with Gasteiger partial charge in [0.15, 0.2) is 11.5 Å². The lowest BCUT2D eigenvalue weighted by molar-refractivity contribution is -0.136. The van der Waals surface area contributed by atoms with Crippen molar-refractivity contribution in [1.29, 1.82) is 0 Å². The van der Waals surface area contributed by atoms with Crippen molar-refractivity contribution in [1.82, 2.24) is 5.43 Å². The molecule has 0 aromatic heterocycles. The van der Waals surface area contributed by atoms with Gasteiger partial charge in [-0.05, 0) is 67.4 Å². The first-order chi connectivity index (χ1) is 16.3. The maximum Gasteiger partial charge on any atom is 0.343 e. The Bertz CT molecular complexity index is 1270. The highest BCUT2D eigenvalue weighted by atomic mass is 35.5. The molecular formula is C25H22ClN3O5. The third kappa shape index (κ3) is 6.43. The van der Waals surface area contributed by atoms with Gasteiger partial charge in [0, 0.05) is 10.7 Å². The van der Waals surface area contributed by atoms with Crippen LogP contribution in [-0.2, 0) is 9.59 Å². The van der Waals surface area contributed by atoms with Gasteiger partial charge in [0.2, 0.25) is 0 Å². The van der Waals surface area contributed by atoms with Gasteiger partial charge in [-0.2, -0.15) is 5.10 Å². The highest BCUT2D eigenvalue weighted by molar-refractivity contribution is 6.39. The minimum absolute atomic E-state index is 0.196. The average Bonchev–Trinajstić information content (AvgIpc) is 2.81. The normalized spacial score (nSPS) is 10.6. The van der Waals surface area contributed by atoms with E-state index in [0.29, 0.717) is 21.8 Å². The quantitative estimate of drug-likeness (QED) is 0.180. The molecule has 0 aliphatic heterocycles. The van der Waals surface area contributed by atoms with E-state index in [-0.39, 0.29) is 11.5 Å². The molecule has 0 atom stereocenters. The van der Waals surface area contributed by atoms with Gasteiger partial charge >= 0.3 is 17.8 Å². The number of nitrogens with one attached hydrogen (secondary N) is 2. The monoisotopic (exact) mass is 479 g/mol. The molecule has 0 unspecified atom stereocenters. The molecule has 8 nitrogen and oxygen atoms in total. The lowest BCUT2D eigenvalue weighted by Crippen LogP contribution is -2.32. The van der Waals surface area contributed by atoms with Crippen molar-refractivity contribution in [3.8, 4) is 11.5 Å². The predicted octanol–water partition coefficient (Wildman–Crippen LogP) is 4.27. The van der Waals surface area contributed by atoms with E-state index in [2.05, 4.69) is 15.8 Å². The Kier molecular flexibility index (Phi) is 8.00. The number of hydrazone groups is 1. The summed E-state index contributed by atoms with van der Waals surface area (Å²) in [6, 6.07) is 16.5. The molecule has 0 saturated heterocycles. The summed E-state index contributed by atoms with van der Waals surface area (Å²) in [6.07, 6.45) is 1.33.